The lowest BCUT2D eigenvalue weighted by Gasteiger charge is -2.11. The Morgan fingerprint density at radius 2 is 2.05 bits per heavy atom. The molecule has 0 radical (unpaired) electrons. The highest BCUT2D eigenvalue weighted by Gasteiger charge is 2.13. The average molecular weight is 302 g/mol. The number of halogens is 1. The zero-order chi connectivity index (χ0) is 14.1. The summed E-state index contributed by atoms with van der Waals surface area (Å²) in [6.45, 7) is 3.63. The van der Waals surface area contributed by atoms with Gasteiger partial charge in [0.15, 0.2) is 0 Å². The number of carbonyl (C=O) groups is 1. The van der Waals surface area contributed by atoms with Crippen LogP contribution >= 0.6 is 12.4 Å². The van der Waals surface area contributed by atoms with Gasteiger partial charge in [-0.2, -0.15) is 0 Å². The molecule has 1 rings (SSSR count). The molecule has 0 aliphatic heterocycles. The van der Waals surface area contributed by atoms with E-state index in [0.717, 1.165) is 31.4 Å². The van der Waals surface area contributed by atoms with Crippen LogP contribution in [0.2, 0.25) is 0 Å². The van der Waals surface area contributed by atoms with Gasteiger partial charge in [-0.1, -0.05) is 13.0 Å². The van der Waals surface area contributed by atoms with Gasteiger partial charge in [0.1, 0.15) is 11.3 Å². The first kappa shape index (κ1) is 18.7. The molecule has 0 fully saturated rings. The lowest BCUT2D eigenvalue weighted by atomic mass is 10.1. The van der Waals surface area contributed by atoms with Crippen molar-refractivity contribution in [3.8, 4) is 5.75 Å². The molecular weight excluding hydrogens is 278 g/mol. The fourth-order valence-electron chi connectivity index (χ4n) is 1.78. The molecule has 0 bridgehead atoms. The maximum atomic E-state index is 11.7. The fourth-order valence-corrected chi connectivity index (χ4v) is 1.78. The summed E-state index contributed by atoms with van der Waals surface area (Å²) in [5.74, 6) is 0.258. The van der Waals surface area contributed by atoms with E-state index in [9.17, 15) is 4.79 Å². The van der Waals surface area contributed by atoms with Crippen LogP contribution < -0.4 is 10.1 Å². The molecule has 0 aliphatic carbocycles. The first-order valence-electron chi connectivity index (χ1n) is 6.71. The maximum Gasteiger partial charge on any atom is 0.341 e. The third-order valence-corrected chi connectivity index (χ3v) is 2.94. The van der Waals surface area contributed by atoms with E-state index in [1.54, 1.807) is 0 Å². The molecule has 5 heteroatoms. The molecule has 1 N–H and O–H groups in total. The van der Waals surface area contributed by atoms with Gasteiger partial charge in [-0.05, 0) is 50.6 Å². The van der Waals surface area contributed by atoms with Gasteiger partial charge in [-0.3, -0.25) is 0 Å². The molecule has 20 heavy (non-hydrogen) atoms. The van der Waals surface area contributed by atoms with E-state index in [-0.39, 0.29) is 18.4 Å². The number of hydrogen-bond donors (Lipinski definition) is 1. The van der Waals surface area contributed by atoms with Crippen LogP contribution in [0, 0.1) is 0 Å². The van der Waals surface area contributed by atoms with Crippen LogP contribution in [0.15, 0.2) is 18.2 Å². The highest BCUT2D eigenvalue weighted by atomic mass is 35.5. The number of methoxy groups -OCH3 is 1. The zero-order valence-electron chi connectivity index (χ0n) is 12.4. The number of esters is 1. The van der Waals surface area contributed by atoms with Gasteiger partial charge in [-0.25, -0.2) is 4.79 Å². The normalized spacial score (nSPS) is 9.75. The molecule has 0 spiro atoms. The number of rotatable bonds is 8. The Kier molecular flexibility index (Phi) is 9.86. The van der Waals surface area contributed by atoms with Gasteiger partial charge in [-0.15, -0.1) is 12.4 Å². The van der Waals surface area contributed by atoms with Crippen molar-refractivity contribution in [3.63, 3.8) is 0 Å². The fraction of sp³-hybridized carbons (Fsp3) is 0.533. The van der Waals surface area contributed by atoms with Crippen molar-refractivity contribution in [3.05, 3.63) is 29.3 Å². The van der Waals surface area contributed by atoms with Crippen molar-refractivity contribution in [2.45, 2.75) is 26.2 Å². The third kappa shape index (κ3) is 5.80. The Balaban J connectivity index is 0.00000361. The molecule has 0 aromatic heterocycles. The van der Waals surface area contributed by atoms with Crippen LogP contribution in [-0.2, 0) is 11.2 Å². The van der Waals surface area contributed by atoms with E-state index >= 15 is 0 Å². The maximum absolute atomic E-state index is 11.7. The Hall–Kier alpha value is -1.26. The number of ether oxygens (including phenoxy) is 2. The van der Waals surface area contributed by atoms with E-state index < -0.39 is 0 Å². The van der Waals surface area contributed by atoms with Crippen LogP contribution in [0.5, 0.6) is 5.75 Å². The summed E-state index contributed by atoms with van der Waals surface area (Å²) in [5.41, 5.74) is 1.61. The number of unbranched alkanes of at least 4 members (excludes halogenated alkanes) is 1. The van der Waals surface area contributed by atoms with E-state index in [0.29, 0.717) is 17.9 Å². The highest BCUT2D eigenvalue weighted by Crippen LogP contribution is 2.21. The highest BCUT2D eigenvalue weighted by molar-refractivity contribution is 5.92. The van der Waals surface area contributed by atoms with Gasteiger partial charge in [0, 0.05) is 0 Å². The second-order valence-corrected chi connectivity index (χ2v) is 4.33. The Labute approximate surface area is 127 Å². The van der Waals surface area contributed by atoms with Gasteiger partial charge in [0.05, 0.1) is 13.7 Å². The number of hydrogen-bond acceptors (Lipinski definition) is 4. The predicted octanol–water partition coefficient (Wildman–Crippen LogP) is 2.84. The van der Waals surface area contributed by atoms with Crippen LogP contribution in [-0.4, -0.2) is 33.3 Å². The number of nitrogens with one attached hydrogen (secondary N) is 1. The van der Waals surface area contributed by atoms with Crippen molar-refractivity contribution >= 4 is 18.4 Å². The zero-order valence-corrected chi connectivity index (χ0v) is 13.2. The van der Waals surface area contributed by atoms with E-state index in [1.807, 2.05) is 25.2 Å². The molecule has 1 aromatic carbocycles. The Bertz CT molecular complexity index is 410. The first-order chi connectivity index (χ1) is 9.22. The van der Waals surface area contributed by atoms with Crippen molar-refractivity contribution in [2.24, 2.45) is 0 Å². The van der Waals surface area contributed by atoms with Crippen LogP contribution in [0.4, 0.5) is 0 Å². The van der Waals surface area contributed by atoms with Crippen molar-refractivity contribution in [1.29, 1.82) is 0 Å². The minimum atomic E-state index is -0.347. The van der Waals surface area contributed by atoms with E-state index in [4.69, 9.17) is 9.47 Å². The van der Waals surface area contributed by atoms with E-state index in [1.165, 1.54) is 7.11 Å². The molecule has 4 nitrogen and oxygen atoms in total. The monoisotopic (exact) mass is 301 g/mol. The smallest absolute Gasteiger partial charge is 0.341 e. The molecule has 0 saturated carbocycles. The Morgan fingerprint density at radius 3 is 2.65 bits per heavy atom. The van der Waals surface area contributed by atoms with E-state index in [2.05, 4.69) is 12.2 Å². The predicted molar refractivity (Wildman–Crippen MR) is 83.1 cm³/mol. The molecular formula is C15H24ClNO3. The molecule has 114 valence electrons. The van der Waals surface area contributed by atoms with Gasteiger partial charge < -0.3 is 14.8 Å². The van der Waals surface area contributed by atoms with Crippen LogP contribution in [0.3, 0.4) is 0 Å². The minimum absolute atomic E-state index is 0. The number of carbonyl (C=O) groups excluding carboxylic acids is 1. The molecule has 0 heterocycles. The summed E-state index contributed by atoms with van der Waals surface area (Å²) in [5, 5.41) is 3.09. The average Bonchev–Trinajstić information content (AvgIpc) is 2.46. The quantitative estimate of drug-likeness (QED) is 0.592. The lowest BCUT2D eigenvalue weighted by Crippen LogP contribution is -2.10. The minimum Gasteiger partial charge on any atom is -0.493 e. The van der Waals surface area contributed by atoms with Crippen molar-refractivity contribution in [2.75, 3.05) is 27.3 Å². The van der Waals surface area contributed by atoms with Gasteiger partial charge >= 0.3 is 5.97 Å². The van der Waals surface area contributed by atoms with Gasteiger partial charge in [0.25, 0.3) is 0 Å². The van der Waals surface area contributed by atoms with Crippen LogP contribution in [0.25, 0.3) is 0 Å². The largest absolute Gasteiger partial charge is 0.493 e. The standard InChI is InChI=1S/C15H23NO3.ClH/c1-4-12-7-8-14(13(11-12)15(17)18-3)19-10-6-5-9-16-2;/h7-8,11,16H,4-6,9-10H2,1-3H3;1H. The molecule has 0 amide bonds. The molecule has 0 unspecified atom stereocenters. The summed E-state index contributed by atoms with van der Waals surface area (Å²) in [6.07, 6.45) is 2.89. The second-order valence-electron chi connectivity index (χ2n) is 4.33. The molecule has 0 aliphatic rings. The Morgan fingerprint density at radius 1 is 1.30 bits per heavy atom. The molecule has 1 aromatic rings. The third-order valence-electron chi connectivity index (χ3n) is 2.94. The molecule has 0 saturated heterocycles. The number of benzene rings is 1. The van der Waals surface area contributed by atoms with Crippen LogP contribution in [0.1, 0.15) is 35.7 Å². The summed E-state index contributed by atoms with van der Waals surface area (Å²) >= 11 is 0. The summed E-state index contributed by atoms with van der Waals surface area (Å²) in [4.78, 5) is 11.7. The summed E-state index contributed by atoms with van der Waals surface area (Å²) < 4.78 is 10.5. The number of aryl methyl sites for hydroxylation is 1. The van der Waals surface area contributed by atoms with Crippen molar-refractivity contribution < 1.29 is 14.3 Å². The summed E-state index contributed by atoms with van der Waals surface area (Å²) in [7, 11) is 3.32. The topological polar surface area (TPSA) is 47.6 Å². The lowest BCUT2D eigenvalue weighted by molar-refractivity contribution is 0.0596. The summed E-state index contributed by atoms with van der Waals surface area (Å²) in [6, 6.07) is 5.67. The SMILES string of the molecule is CCc1ccc(OCCCCNC)c(C(=O)OC)c1.Cl. The molecule has 0 atom stereocenters. The second kappa shape index (κ2) is 10.5. The van der Waals surface area contributed by atoms with Gasteiger partial charge in [0.2, 0.25) is 0 Å². The van der Waals surface area contributed by atoms with Crippen molar-refractivity contribution in [1.82, 2.24) is 5.32 Å². The first-order valence-corrected chi connectivity index (χ1v) is 6.71.